The molecule has 6 heteroatoms. The van der Waals surface area contributed by atoms with Crippen LogP contribution < -0.4 is 11.1 Å². The standard InChI is InChI=1S/C12H15ClN4O/c1-17(5-4-14)8-12(18)16-10-3-2-9(7-15)11(13)6-10/h2-3,6H,4-5,8,14H2,1H3,(H,16,18). The second kappa shape index (κ2) is 6.97. The van der Waals surface area contributed by atoms with Crippen molar-refractivity contribution in [2.75, 3.05) is 32.0 Å². The minimum atomic E-state index is -0.147. The summed E-state index contributed by atoms with van der Waals surface area (Å²) < 4.78 is 0. The predicted molar refractivity (Wildman–Crippen MR) is 71.3 cm³/mol. The molecule has 0 aromatic heterocycles. The smallest absolute Gasteiger partial charge is 0.238 e. The second-order valence-electron chi connectivity index (χ2n) is 3.88. The van der Waals surface area contributed by atoms with Crippen LogP contribution in [-0.2, 0) is 4.79 Å². The summed E-state index contributed by atoms with van der Waals surface area (Å²) in [5.41, 5.74) is 6.35. The lowest BCUT2D eigenvalue weighted by molar-refractivity contribution is -0.117. The first-order valence-corrected chi connectivity index (χ1v) is 5.82. The van der Waals surface area contributed by atoms with Crippen molar-refractivity contribution in [2.24, 2.45) is 5.73 Å². The summed E-state index contributed by atoms with van der Waals surface area (Å²) in [5, 5.41) is 11.8. The van der Waals surface area contributed by atoms with Crippen LogP contribution in [0.5, 0.6) is 0 Å². The Hall–Kier alpha value is -1.61. The van der Waals surface area contributed by atoms with Crippen molar-refractivity contribution >= 4 is 23.2 Å². The molecule has 1 amide bonds. The van der Waals surface area contributed by atoms with E-state index in [1.807, 2.05) is 18.0 Å². The van der Waals surface area contributed by atoms with Crippen LogP contribution >= 0.6 is 11.6 Å². The van der Waals surface area contributed by atoms with Crippen LogP contribution in [0, 0.1) is 11.3 Å². The molecule has 0 bridgehead atoms. The number of likely N-dealkylation sites (N-methyl/N-ethyl adjacent to an activating group) is 1. The molecule has 0 aliphatic carbocycles. The quantitative estimate of drug-likeness (QED) is 0.834. The molecule has 0 fully saturated rings. The van der Waals surface area contributed by atoms with Gasteiger partial charge in [0.05, 0.1) is 17.1 Å². The summed E-state index contributed by atoms with van der Waals surface area (Å²) in [6.45, 7) is 1.42. The Morgan fingerprint density at radius 3 is 2.89 bits per heavy atom. The molecular weight excluding hydrogens is 252 g/mol. The largest absolute Gasteiger partial charge is 0.329 e. The van der Waals surface area contributed by atoms with Crippen molar-refractivity contribution in [1.82, 2.24) is 4.90 Å². The fourth-order valence-corrected chi connectivity index (χ4v) is 1.65. The average molecular weight is 267 g/mol. The monoisotopic (exact) mass is 266 g/mol. The third-order valence-corrected chi connectivity index (χ3v) is 2.61. The lowest BCUT2D eigenvalue weighted by Crippen LogP contribution is -2.33. The van der Waals surface area contributed by atoms with Crippen LogP contribution in [0.3, 0.4) is 0 Å². The highest BCUT2D eigenvalue weighted by Crippen LogP contribution is 2.20. The number of benzene rings is 1. The van der Waals surface area contributed by atoms with Crippen molar-refractivity contribution in [3.8, 4) is 6.07 Å². The molecule has 0 atom stereocenters. The van der Waals surface area contributed by atoms with Gasteiger partial charge in [-0.1, -0.05) is 11.6 Å². The SMILES string of the molecule is CN(CCN)CC(=O)Nc1ccc(C#N)c(Cl)c1. The summed E-state index contributed by atoms with van der Waals surface area (Å²) in [6, 6.07) is 6.73. The first-order chi connectivity index (χ1) is 8.56. The van der Waals surface area contributed by atoms with Crippen molar-refractivity contribution in [1.29, 1.82) is 5.26 Å². The van der Waals surface area contributed by atoms with E-state index >= 15 is 0 Å². The van der Waals surface area contributed by atoms with Gasteiger partial charge in [0.2, 0.25) is 5.91 Å². The van der Waals surface area contributed by atoms with Crippen LogP contribution in [-0.4, -0.2) is 37.5 Å². The molecule has 5 nitrogen and oxygen atoms in total. The highest BCUT2D eigenvalue weighted by atomic mass is 35.5. The summed E-state index contributed by atoms with van der Waals surface area (Å²) in [4.78, 5) is 13.5. The summed E-state index contributed by atoms with van der Waals surface area (Å²) in [6.07, 6.45) is 0. The second-order valence-corrected chi connectivity index (χ2v) is 4.29. The summed E-state index contributed by atoms with van der Waals surface area (Å²) >= 11 is 5.87. The Kier molecular flexibility index (Phi) is 5.59. The molecule has 0 aliphatic rings. The van der Waals surface area contributed by atoms with Crippen LogP contribution in [0.2, 0.25) is 5.02 Å². The number of hydrogen-bond donors (Lipinski definition) is 2. The number of nitrogens with zero attached hydrogens (tertiary/aromatic N) is 2. The van der Waals surface area contributed by atoms with Crippen LogP contribution in [0.15, 0.2) is 18.2 Å². The van der Waals surface area contributed by atoms with E-state index in [4.69, 9.17) is 22.6 Å². The number of amides is 1. The molecule has 1 rings (SSSR count). The van der Waals surface area contributed by atoms with E-state index in [2.05, 4.69) is 5.32 Å². The molecule has 0 aliphatic heterocycles. The third-order valence-electron chi connectivity index (χ3n) is 2.30. The van der Waals surface area contributed by atoms with E-state index in [1.165, 1.54) is 0 Å². The molecule has 0 saturated carbocycles. The molecule has 0 radical (unpaired) electrons. The van der Waals surface area contributed by atoms with Gasteiger partial charge in [-0.2, -0.15) is 5.26 Å². The zero-order valence-electron chi connectivity index (χ0n) is 10.1. The zero-order chi connectivity index (χ0) is 13.5. The number of nitrogens with one attached hydrogen (secondary N) is 1. The Morgan fingerprint density at radius 1 is 1.61 bits per heavy atom. The molecule has 18 heavy (non-hydrogen) atoms. The number of nitriles is 1. The van der Waals surface area contributed by atoms with Gasteiger partial charge >= 0.3 is 0 Å². The molecule has 0 unspecified atom stereocenters. The number of rotatable bonds is 5. The van der Waals surface area contributed by atoms with Gasteiger partial charge < -0.3 is 11.1 Å². The van der Waals surface area contributed by atoms with E-state index in [9.17, 15) is 4.79 Å². The van der Waals surface area contributed by atoms with Gasteiger partial charge in [0, 0.05) is 18.8 Å². The van der Waals surface area contributed by atoms with E-state index in [1.54, 1.807) is 18.2 Å². The Labute approximate surface area is 111 Å². The number of hydrogen-bond acceptors (Lipinski definition) is 4. The summed E-state index contributed by atoms with van der Waals surface area (Å²) in [7, 11) is 1.82. The highest BCUT2D eigenvalue weighted by molar-refractivity contribution is 6.32. The highest BCUT2D eigenvalue weighted by Gasteiger charge is 2.07. The molecule has 0 saturated heterocycles. The van der Waals surface area contributed by atoms with Crippen molar-refractivity contribution < 1.29 is 4.79 Å². The molecule has 96 valence electrons. The maximum absolute atomic E-state index is 11.7. The van der Waals surface area contributed by atoms with Gasteiger partial charge in [-0.05, 0) is 25.2 Å². The first-order valence-electron chi connectivity index (χ1n) is 5.45. The van der Waals surface area contributed by atoms with Gasteiger partial charge in [-0.3, -0.25) is 9.69 Å². The molecule has 0 spiro atoms. The normalized spacial score (nSPS) is 10.2. The van der Waals surface area contributed by atoms with Gasteiger partial charge in [0.25, 0.3) is 0 Å². The molecular formula is C12H15ClN4O. The van der Waals surface area contributed by atoms with Crippen molar-refractivity contribution in [2.45, 2.75) is 0 Å². The van der Waals surface area contributed by atoms with E-state index < -0.39 is 0 Å². The lowest BCUT2D eigenvalue weighted by Gasteiger charge is -2.14. The van der Waals surface area contributed by atoms with Crippen molar-refractivity contribution in [3.63, 3.8) is 0 Å². The summed E-state index contributed by atoms with van der Waals surface area (Å²) in [5.74, 6) is -0.147. The van der Waals surface area contributed by atoms with Crippen LogP contribution in [0.25, 0.3) is 0 Å². The molecule has 1 aromatic carbocycles. The Balaban J connectivity index is 2.60. The van der Waals surface area contributed by atoms with E-state index in [-0.39, 0.29) is 12.5 Å². The van der Waals surface area contributed by atoms with Gasteiger partial charge in [0.1, 0.15) is 6.07 Å². The number of halogens is 1. The lowest BCUT2D eigenvalue weighted by atomic mass is 10.2. The molecule has 0 heterocycles. The predicted octanol–water partition coefficient (Wildman–Crippen LogP) is 1.04. The zero-order valence-corrected chi connectivity index (χ0v) is 10.9. The fraction of sp³-hybridized carbons (Fsp3) is 0.333. The first kappa shape index (κ1) is 14.5. The van der Waals surface area contributed by atoms with Gasteiger partial charge in [-0.25, -0.2) is 0 Å². The minimum Gasteiger partial charge on any atom is -0.329 e. The van der Waals surface area contributed by atoms with E-state index in [0.717, 1.165) is 0 Å². The maximum atomic E-state index is 11.7. The van der Waals surface area contributed by atoms with Gasteiger partial charge in [0.15, 0.2) is 0 Å². The van der Waals surface area contributed by atoms with Gasteiger partial charge in [-0.15, -0.1) is 0 Å². The topological polar surface area (TPSA) is 82.2 Å². The van der Waals surface area contributed by atoms with Crippen molar-refractivity contribution in [3.05, 3.63) is 28.8 Å². The third kappa shape index (κ3) is 4.34. The molecule has 3 N–H and O–H groups in total. The fourth-order valence-electron chi connectivity index (χ4n) is 1.43. The van der Waals surface area contributed by atoms with E-state index in [0.29, 0.717) is 29.4 Å². The molecule has 1 aromatic rings. The number of carbonyl (C=O) groups is 1. The number of carbonyl (C=O) groups excluding carboxylic acids is 1. The van der Waals surface area contributed by atoms with Crippen LogP contribution in [0.4, 0.5) is 5.69 Å². The number of nitrogens with two attached hydrogens (primary N) is 1. The average Bonchev–Trinajstić information content (AvgIpc) is 2.29. The maximum Gasteiger partial charge on any atom is 0.238 e. The number of anilines is 1. The Morgan fingerprint density at radius 2 is 2.33 bits per heavy atom. The minimum absolute atomic E-state index is 0.147. The Bertz CT molecular complexity index is 470. The van der Waals surface area contributed by atoms with Crippen LogP contribution in [0.1, 0.15) is 5.56 Å².